The van der Waals surface area contributed by atoms with Gasteiger partial charge in [0, 0.05) is 36.1 Å². The molecule has 0 spiro atoms. The summed E-state index contributed by atoms with van der Waals surface area (Å²) in [4.78, 5) is 105. The van der Waals surface area contributed by atoms with E-state index >= 15 is 0 Å². The molecule has 0 aromatic heterocycles. The maximum Gasteiger partial charge on any atom is 0.326 e. The number of aromatic hydroxyl groups is 1. The fourth-order valence-electron chi connectivity index (χ4n) is 7.41. The molecule has 3 rings (SSSR count). The number of amides is 6. The molecule has 15 N–H and O–H groups in total. The second-order valence-corrected chi connectivity index (χ2v) is 17.9. The van der Waals surface area contributed by atoms with Gasteiger partial charge in [0.1, 0.15) is 42.0 Å². The fourth-order valence-corrected chi connectivity index (χ4v) is 7.67. The number of carbonyl (C=O) groups excluding carboxylic acids is 6. The average Bonchev–Trinajstić information content (AvgIpc) is 3.77. The van der Waals surface area contributed by atoms with Crippen LogP contribution in [0.4, 0.5) is 0 Å². The molecule has 1 aliphatic rings. The maximum absolute atomic E-state index is 14.6. The molecule has 2 aromatic rings. The van der Waals surface area contributed by atoms with Crippen LogP contribution < -0.4 is 49.5 Å². The molecule has 0 radical (unpaired) electrons. The van der Waals surface area contributed by atoms with Crippen molar-refractivity contribution < 1.29 is 43.8 Å². The second-order valence-electron chi connectivity index (χ2n) is 17.0. The van der Waals surface area contributed by atoms with Crippen LogP contribution in [-0.4, -0.2) is 124 Å². The summed E-state index contributed by atoms with van der Waals surface area (Å²) in [5, 5.41) is 33.4. The Bertz CT molecular complexity index is 2060. The topological polar surface area (TPSA) is 352 Å². The number of halogens is 1. The molecule has 0 bridgehead atoms. The monoisotopic (exact) mass is 998 g/mol. The van der Waals surface area contributed by atoms with Crippen molar-refractivity contribution in [2.45, 2.75) is 122 Å². The molecule has 1 fully saturated rings. The first kappa shape index (κ1) is 54.9. The van der Waals surface area contributed by atoms with Crippen molar-refractivity contribution >= 4 is 69.3 Å². The van der Waals surface area contributed by atoms with Gasteiger partial charge in [0.25, 0.3) is 5.91 Å². The number of phenols is 1. The largest absolute Gasteiger partial charge is 0.508 e. The van der Waals surface area contributed by atoms with Crippen molar-refractivity contribution in [2.24, 2.45) is 44.8 Å². The highest BCUT2D eigenvalue weighted by Gasteiger charge is 2.40. The summed E-state index contributed by atoms with van der Waals surface area (Å²) in [6.45, 7) is 7.59. The molecule has 21 nitrogen and oxygen atoms in total. The first-order valence-corrected chi connectivity index (χ1v) is 23.2. The Hall–Kier alpha value is -6.45. The van der Waals surface area contributed by atoms with E-state index in [1.54, 1.807) is 43.3 Å². The first-order valence-electron chi connectivity index (χ1n) is 22.4. The quantitative estimate of drug-likeness (QED) is 0.0352. The van der Waals surface area contributed by atoms with Gasteiger partial charge < -0.3 is 64.6 Å². The van der Waals surface area contributed by atoms with E-state index in [-0.39, 0.29) is 93.7 Å². The van der Waals surface area contributed by atoms with Crippen molar-refractivity contribution in [2.75, 3.05) is 19.6 Å². The van der Waals surface area contributed by atoms with Crippen LogP contribution in [-0.2, 0) is 35.2 Å². The van der Waals surface area contributed by atoms with Gasteiger partial charge in [-0.1, -0.05) is 62.2 Å². The molecular weight excluding hydrogens is 932 g/mol. The van der Waals surface area contributed by atoms with Gasteiger partial charge in [-0.15, -0.1) is 0 Å². The number of likely N-dealkylation sites (tertiary alicyclic amines) is 1. The number of phenolic OH excluding ortho intramolecular Hbond substituents is 1. The SMILES string of the molecule is CC[C@H](C)[C@@H](NC(=O)[C@H](Cc1ccc(O)cc1)NC(=O)[C@@H]1CCCN1C(=O)[C@H](CCCN=C(N)N)NC(=O)[C@H](CCCN=C(N)N)NC(=O)c1ccc(Br)cc1)C(=O)N[C@H](CC(C)C)C(=O)O. The van der Waals surface area contributed by atoms with Gasteiger partial charge in [-0.05, 0) is 98.7 Å². The number of hydrogen-bond donors (Lipinski definition) is 11. The number of carboxylic acid groups (broad SMARTS) is 1. The zero-order valence-electron chi connectivity index (χ0n) is 38.5. The molecule has 67 heavy (non-hydrogen) atoms. The van der Waals surface area contributed by atoms with Crippen LogP contribution in [0, 0.1) is 11.8 Å². The van der Waals surface area contributed by atoms with Gasteiger partial charge in [0.15, 0.2) is 11.9 Å². The normalized spacial score (nSPS) is 16.0. The van der Waals surface area contributed by atoms with E-state index in [0.29, 0.717) is 18.4 Å². The number of aliphatic imine (C=N–C) groups is 2. The minimum absolute atomic E-state index is 0.0269. The lowest BCUT2D eigenvalue weighted by molar-refractivity contribution is -0.143. The number of benzene rings is 2. The molecule has 6 amide bonds. The molecule has 2 aromatic carbocycles. The highest BCUT2D eigenvalue weighted by molar-refractivity contribution is 9.10. The zero-order valence-corrected chi connectivity index (χ0v) is 40.1. The van der Waals surface area contributed by atoms with E-state index in [4.69, 9.17) is 22.9 Å². The summed E-state index contributed by atoms with van der Waals surface area (Å²) in [5.41, 5.74) is 22.9. The van der Waals surface area contributed by atoms with Gasteiger partial charge in [-0.25, -0.2) is 4.79 Å². The lowest BCUT2D eigenvalue weighted by Crippen LogP contribution is -2.60. The summed E-state index contributed by atoms with van der Waals surface area (Å²) < 4.78 is 0.743. The Balaban J connectivity index is 1.92. The van der Waals surface area contributed by atoms with Crippen LogP contribution in [0.5, 0.6) is 5.75 Å². The third kappa shape index (κ3) is 18.4. The van der Waals surface area contributed by atoms with Gasteiger partial charge in [-0.3, -0.25) is 38.8 Å². The van der Waals surface area contributed by atoms with Crippen LogP contribution in [0.1, 0.15) is 95.0 Å². The molecule has 1 saturated heterocycles. The third-order valence-corrected chi connectivity index (χ3v) is 11.7. The molecule has 0 saturated carbocycles. The lowest BCUT2D eigenvalue weighted by Gasteiger charge is -2.31. The smallest absolute Gasteiger partial charge is 0.326 e. The number of nitrogens with one attached hydrogen (secondary N) is 5. The molecule has 0 aliphatic carbocycles. The average molecular weight is 1000 g/mol. The number of carboxylic acids is 1. The molecule has 7 atom stereocenters. The van der Waals surface area contributed by atoms with Crippen molar-refractivity contribution in [3.63, 3.8) is 0 Å². The van der Waals surface area contributed by atoms with Crippen molar-refractivity contribution in [1.29, 1.82) is 0 Å². The highest BCUT2D eigenvalue weighted by atomic mass is 79.9. The Morgan fingerprint density at radius 2 is 1.31 bits per heavy atom. The van der Waals surface area contributed by atoms with E-state index in [0.717, 1.165) is 4.47 Å². The minimum Gasteiger partial charge on any atom is -0.508 e. The van der Waals surface area contributed by atoms with E-state index in [1.807, 2.05) is 20.8 Å². The van der Waals surface area contributed by atoms with Gasteiger partial charge in [0.2, 0.25) is 29.5 Å². The van der Waals surface area contributed by atoms with E-state index < -0.39 is 83.6 Å². The van der Waals surface area contributed by atoms with Crippen LogP contribution in [0.15, 0.2) is 63.0 Å². The number of aliphatic carboxylic acids is 1. The van der Waals surface area contributed by atoms with Crippen molar-refractivity contribution in [3.8, 4) is 5.75 Å². The zero-order chi connectivity index (χ0) is 49.8. The molecule has 22 heteroatoms. The molecule has 1 aliphatic heterocycles. The van der Waals surface area contributed by atoms with E-state index in [1.165, 1.54) is 17.0 Å². The second kappa shape index (κ2) is 27.3. The number of nitrogens with two attached hydrogens (primary N) is 4. The summed E-state index contributed by atoms with van der Waals surface area (Å²) in [6.07, 6.45) is 1.79. The number of guanidine groups is 2. The Kier molecular flexibility index (Phi) is 22.3. The molecule has 1 heterocycles. The molecule has 0 unspecified atom stereocenters. The Morgan fingerprint density at radius 1 is 0.746 bits per heavy atom. The van der Waals surface area contributed by atoms with Crippen molar-refractivity contribution in [1.82, 2.24) is 31.5 Å². The van der Waals surface area contributed by atoms with Crippen molar-refractivity contribution in [3.05, 3.63) is 64.1 Å². The number of hydrogen-bond acceptors (Lipinski definition) is 10. The van der Waals surface area contributed by atoms with Crippen LogP contribution >= 0.6 is 15.9 Å². The maximum atomic E-state index is 14.6. The Morgan fingerprint density at radius 3 is 1.87 bits per heavy atom. The van der Waals surface area contributed by atoms with Gasteiger partial charge >= 0.3 is 5.97 Å². The minimum atomic E-state index is -1.30. The summed E-state index contributed by atoms with van der Waals surface area (Å²) in [5.74, 6) is -6.00. The van der Waals surface area contributed by atoms with E-state index in [9.17, 15) is 43.8 Å². The predicted octanol–water partition coefficient (Wildman–Crippen LogP) is 0.710. The van der Waals surface area contributed by atoms with Crippen LogP contribution in [0.2, 0.25) is 0 Å². The standard InChI is InChI=1S/C45H67BrN12O9/c1-5-26(4)36(41(64)56-34(43(66)67)23-25(2)3)57-39(62)33(24-27-12-18-30(59)19-13-27)55-40(63)35-11-8-22-58(35)42(65)32(10-7-21-52-45(49)50)54-38(61)31(9-6-20-51-44(47)48)53-37(60)28-14-16-29(46)17-15-28/h12-19,25-26,31-36,59H,5-11,20-24H2,1-4H3,(H,53,60)(H,54,61)(H,55,63)(H,56,64)(H,57,62)(H,66,67)(H4,47,48,51)(H4,49,50,52)/t26-,31-,32-,33-,34+,35-,36+/m0/s1. The summed E-state index contributed by atoms with van der Waals surface area (Å²) in [7, 11) is 0. The number of carbonyl (C=O) groups is 7. The van der Waals surface area contributed by atoms with Crippen LogP contribution in [0.25, 0.3) is 0 Å². The highest BCUT2D eigenvalue weighted by Crippen LogP contribution is 2.22. The molecular formula is C45H67BrN12O9. The molecule has 368 valence electrons. The summed E-state index contributed by atoms with van der Waals surface area (Å²) >= 11 is 3.34. The van der Waals surface area contributed by atoms with Crippen LogP contribution in [0.3, 0.4) is 0 Å². The lowest BCUT2D eigenvalue weighted by atomic mass is 9.96. The predicted molar refractivity (Wildman–Crippen MR) is 256 cm³/mol. The number of rotatable bonds is 26. The third-order valence-electron chi connectivity index (χ3n) is 11.2. The first-order chi connectivity index (χ1) is 31.7. The fraction of sp³-hybridized carbons (Fsp3) is 0.533. The van der Waals surface area contributed by atoms with Gasteiger partial charge in [-0.2, -0.15) is 0 Å². The summed E-state index contributed by atoms with van der Waals surface area (Å²) in [6, 6.07) is 5.37. The Labute approximate surface area is 399 Å². The van der Waals surface area contributed by atoms with E-state index in [2.05, 4.69) is 52.5 Å². The number of nitrogens with zero attached hydrogens (tertiary/aromatic N) is 3. The van der Waals surface area contributed by atoms with Gasteiger partial charge in [0.05, 0.1) is 0 Å².